The minimum absolute atomic E-state index is 0.0594. The second kappa shape index (κ2) is 10.7. The number of benzene rings is 2. The topological polar surface area (TPSA) is 105 Å². The summed E-state index contributed by atoms with van der Waals surface area (Å²) in [4.78, 5) is 37.1. The van der Waals surface area contributed by atoms with E-state index in [2.05, 4.69) is 34.9 Å². The number of fused-ring (bicyclic) bond motifs is 3. The van der Waals surface area contributed by atoms with Gasteiger partial charge in [-0.2, -0.15) is 0 Å². The number of hydrogen-bond acceptors (Lipinski definition) is 4. The molecule has 0 aromatic heterocycles. The van der Waals surface area contributed by atoms with Crippen LogP contribution in [0, 0.1) is 5.92 Å². The number of carbonyl (C=O) groups is 3. The Balaban J connectivity index is 1.39. The molecule has 2 aromatic rings. The van der Waals surface area contributed by atoms with Crippen LogP contribution in [0.5, 0.6) is 0 Å². The van der Waals surface area contributed by atoms with Crippen LogP contribution in [0.1, 0.15) is 62.5 Å². The second-order valence-electron chi connectivity index (χ2n) is 9.16. The third kappa shape index (κ3) is 5.08. The molecule has 0 spiro atoms. The van der Waals surface area contributed by atoms with Gasteiger partial charge in [-0.25, -0.2) is 4.79 Å². The van der Waals surface area contributed by atoms with Gasteiger partial charge in [-0.15, -0.1) is 0 Å². The number of carbonyl (C=O) groups excluding carboxylic acids is 2. The van der Waals surface area contributed by atoms with Gasteiger partial charge < -0.3 is 20.5 Å². The summed E-state index contributed by atoms with van der Waals surface area (Å²) in [5.74, 6) is -1.88. The fourth-order valence-corrected chi connectivity index (χ4v) is 5.17. The quantitative estimate of drug-likeness (QED) is 0.508. The minimum atomic E-state index is -0.891. The van der Waals surface area contributed by atoms with Crippen molar-refractivity contribution in [2.45, 2.75) is 63.5 Å². The molecule has 1 saturated carbocycles. The number of alkyl carbamates (subject to hydrolysis) is 1. The van der Waals surface area contributed by atoms with Gasteiger partial charge in [0.05, 0.1) is 5.92 Å². The van der Waals surface area contributed by atoms with Crippen molar-refractivity contribution < 1.29 is 24.2 Å². The van der Waals surface area contributed by atoms with E-state index >= 15 is 0 Å². The van der Waals surface area contributed by atoms with E-state index in [0.29, 0.717) is 19.3 Å². The molecule has 0 bridgehead atoms. The summed E-state index contributed by atoms with van der Waals surface area (Å²) in [6.45, 7) is 2.19. The van der Waals surface area contributed by atoms with Crippen LogP contribution in [0.2, 0.25) is 0 Å². The van der Waals surface area contributed by atoms with Crippen LogP contribution in [0.25, 0.3) is 11.1 Å². The zero-order chi connectivity index (χ0) is 24.1. The van der Waals surface area contributed by atoms with Gasteiger partial charge in [-0.3, -0.25) is 9.59 Å². The number of nitrogens with one attached hydrogen (secondary N) is 2. The first-order valence-corrected chi connectivity index (χ1v) is 12.1. The molecule has 2 aliphatic carbocycles. The number of rotatable bonds is 9. The Bertz CT molecular complexity index is 1010. The predicted molar refractivity (Wildman–Crippen MR) is 128 cm³/mol. The SMILES string of the molecule is CCCCC(NC(=O)OCC1c2ccccc2-c2ccccc21)C(=O)N[C@@H]1CCC[C@@H]1C(=O)O. The molecule has 34 heavy (non-hydrogen) atoms. The Kier molecular flexibility index (Phi) is 7.50. The van der Waals surface area contributed by atoms with E-state index in [-0.39, 0.29) is 18.4 Å². The maximum Gasteiger partial charge on any atom is 0.407 e. The van der Waals surface area contributed by atoms with Crippen molar-refractivity contribution in [1.29, 1.82) is 0 Å². The van der Waals surface area contributed by atoms with Gasteiger partial charge >= 0.3 is 12.1 Å². The van der Waals surface area contributed by atoms with Crippen LogP contribution >= 0.6 is 0 Å². The lowest BCUT2D eigenvalue weighted by molar-refractivity contribution is -0.142. The molecule has 7 nitrogen and oxygen atoms in total. The molecule has 2 amide bonds. The van der Waals surface area contributed by atoms with Crippen molar-refractivity contribution in [3.8, 4) is 11.1 Å². The lowest BCUT2D eigenvalue weighted by Crippen LogP contribution is -2.51. The van der Waals surface area contributed by atoms with E-state index in [1.54, 1.807) is 0 Å². The summed E-state index contributed by atoms with van der Waals surface area (Å²) in [5, 5.41) is 15.0. The Morgan fingerprint density at radius 3 is 2.29 bits per heavy atom. The maximum absolute atomic E-state index is 12.9. The van der Waals surface area contributed by atoms with E-state index in [4.69, 9.17) is 4.74 Å². The molecule has 0 aliphatic heterocycles. The highest BCUT2D eigenvalue weighted by molar-refractivity contribution is 5.86. The number of carboxylic acid groups (broad SMARTS) is 1. The van der Waals surface area contributed by atoms with E-state index in [0.717, 1.165) is 41.5 Å². The van der Waals surface area contributed by atoms with E-state index < -0.39 is 30.1 Å². The van der Waals surface area contributed by atoms with Gasteiger partial charge in [0.25, 0.3) is 0 Å². The molecule has 3 atom stereocenters. The van der Waals surface area contributed by atoms with Crippen LogP contribution < -0.4 is 10.6 Å². The zero-order valence-corrected chi connectivity index (χ0v) is 19.5. The van der Waals surface area contributed by atoms with Crippen molar-refractivity contribution in [2.24, 2.45) is 5.92 Å². The number of ether oxygens (including phenoxy) is 1. The standard InChI is InChI=1S/C27H32N2O5/c1-2-3-14-24(25(30)28-23-15-8-13-21(23)26(31)32)29-27(33)34-16-22-19-11-6-4-9-17(19)18-10-5-7-12-20(18)22/h4-7,9-12,21-24H,2-3,8,13-16H2,1H3,(H,28,30)(H,29,33)(H,31,32)/t21-,23+,24?/m0/s1. The van der Waals surface area contributed by atoms with Crippen molar-refractivity contribution in [2.75, 3.05) is 6.61 Å². The summed E-state index contributed by atoms with van der Waals surface area (Å²) < 4.78 is 5.61. The molecule has 3 N–H and O–H groups in total. The highest BCUT2D eigenvalue weighted by Crippen LogP contribution is 2.44. The monoisotopic (exact) mass is 464 g/mol. The Hall–Kier alpha value is -3.35. The third-order valence-corrected chi connectivity index (χ3v) is 6.96. The molecule has 1 fully saturated rings. The van der Waals surface area contributed by atoms with Gasteiger partial charge in [-0.1, -0.05) is 74.7 Å². The fourth-order valence-electron chi connectivity index (χ4n) is 5.17. The Morgan fingerprint density at radius 2 is 1.68 bits per heavy atom. The normalized spacial score (nSPS) is 19.7. The average Bonchev–Trinajstić information content (AvgIpc) is 3.43. The van der Waals surface area contributed by atoms with Gasteiger partial charge in [0, 0.05) is 12.0 Å². The van der Waals surface area contributed by atoms with Crippen LogP contribution in [0.4, 0.5) is 4.79 Å². The summed E-state index contributed by atoms with van der Waals surface area (Å²) >= 11 is 0. The molecule has 0 saturated heterocycles. The fraction of sp³-hybridized carbons (Fsp3) is 0.444. The van der Waals surface area contributed by atoms with Gasteiger partial charge in [0.1, 0.15) is 12.6 Å². The van der Waals surface area contributed by atoms with Crippen LogP contribution in [-0.2, 0) is 14.3 Å². The van der Waals surface area contributed by atoms with Crippen LogP contribution in [0.15, 0.2) is 48.5 Å². The number of hydrogen-bond donors (Lipinski definition) is 3. The largest absolute Gasteiger partial charge is 0.481 e. The van der Waals surface area contributed by atoms with Gasteiger partial charge in [0.2, 0.25) is 5.91 Å². The second-order valence-corrected chi connectivity index (χ2v) is 9.16. The Morgan fingerprint density at radius 1 is 1.03 bits per heavy atom. The van der Waals surface area contributed by atoms with Crippen LogP contribution in [0.3, 0.4) is 0 Å². The highest BCUT2D eigenvalue weighted by atomic mass is 16.5. The first-order chi connectivity index (χ1) is 16.5. The summed E-state index contributed by atoms with van der Waals surface area (Å²) in [6.07, 6.45) is 3.41. The first-order valence-electron chi connectivity index (χ1n) is 12.1. The molecule has 2 aliphatic rings. The van der Waals surface area contributed by atoms with E-state index in [1.807, 2.05) is 31.2 Å². The number of unbranched alkanes of at least 4 members (excludes halogenated alkanes) is 1. The molecule has 7 heteroatoms. The lowest BCUT2D eigenvalue weighted by Gasteiger charge is -2.23. The van der Waals surface area contributed by atoms with E-state index in [1.165, 1.54) is 0 Å². The highest BCUT2D eigenvalue weighted by Gasteiger charge is 2.35. The zero-order valence-electron chi connectivity index (χ0n) is 19.5. The van der Waals surface area contributed by atoms with Crippen molar-refractivity contribution >= 4 is 18.0 Å². The molecular weight excluding hydrogens is 432 g/mol. The summed E-state index contributed by atoms with van der Waals surface area (Å²) in [6, 6.07) is 15.1. The third-order valence-electron chi connectivity index (χ3n) is 6.96. The smallest absolute Gasteiger partial charge is 0.407 e. The molecule has 4 rings (SSSR count). The molecule has 2 aromatic carbocycles. The van der Waals surface area contributed by atoms with Crippen molar-refractivity contribution in [1.82, 2.24) is 10.6 Å². The van der Waals surface area contributed by atoms with Crippen molar-refractivity contribution in [3.05, 3.63) is 59.7 Å². The maximum atomic E-state index is 12.9. The minimum Gasteiger partial charge on any atom is -0.481 e. The summed E-state index contributed by atoms with van der Waals surface area (Å²) in [5.41, 5.74) is 4.55. The van der Waals surface area contributed by atoms with Gasteiger partial charge in [0.15, 0.2) is 0 Å². The number of amides is 2. The molecule has 0 heterocycles. The van der Waals surface area contributed by atoms with E-state index in [9.17, 15) is 19.5 Å². The predicted octanol–water partition coefficient (Wildman–Crippen LogP) is 4.45. The van der Waals surface area contributed by atoms with Gasteiger partial charge in [-0.05, 0) is 41.5 Å². The molecular formula is C27H32N2O5. The average molecular weight is 465 g/mol. The molecule has 0 radical (unpaired) electrons. The van der Waals surface area contributed by atoms with Crippen LogP contribution in [-0.4, -0.2) is 41.8 Å². The molecule has 180 valence electrons. The summed E-state index contributed by atoms with van der Waals surface area (Å²) in [7, 11) is 0. The first kappa shape index (κ1) is 23.8. The lowest BCUT2D eigenvalue weighted by atomic mass is 9.98. The number of carboxylic acids is 1. The Labute approximate surface area is 199 Å². The number of aliphatic carboxylic acids is 1. The van der Waals surface area contributed by atoms with Crippen molar-refractivity contribution in [3.63, 3.8) is 0 Å². The molecule has 1 unspecified atom stereocenters.